The standard InChI is InChI=1S/C16H15F3N2O3/c1-9-14(20-8-24-9)15(23)21-7-10(22)6-13(21)11-4-2-3-5-12(11)16(17,18)19/h2-5,8,10,13,22H,6-7H2,1H3. The van der Waals surface area contributed by atoms with E-state index in [-0.39, 0.29) is 30.0 Å². The first-order valence-electron chi connectivity index (χ1n) is 7.34. The summed E-state index contributed by atoms with van der Waals surface area (Å²) in [5, 5.41) is 9.92. The number of hydrogen-bond acceptors (Lipinski definition) is 4. The average Bonchev–Trinajstić information content (AvgIpc) is 3.11. The van der Waals surface area contributed by atoms with E-state index in [4.69, 9.17) is 4.42 Å². The van der Waals surface area contributed by atoms with Gasteiger partial charge in [-0.3, -0.25) is 4.79 Å². The van der Waals surface area contributed by atoms with Gasteiger partial charge in [-0.05, 0) is 25.0 Å². The van der Waals surface area contributed by atoms with Crippen LogP contribution in [0.4, 0.5) is 13.2 Å². The van der Waals surface area contributed by atoms with Crippen LogP contribution in [0, 0.1) is 6.92 Å². The number of aliphatic hydroxyl groups is 1. The van der Waals surface area contributed by atoms with Crippen LogP contribution < -0.4 is 0 Å². The smallest absolute Gasteiger partial charge is 0.416 e. The number of aliphatic hydroxyl groups excluding tert-OH is 1. The Balaban J connectivity index is 2.01. The SMILES string of the molecule is Cc1ocnc1C(=O)N1CC(O)CC1c1ccccc1C(F)(F)F. The molecule has 24 heavy (non-hydrogen) atoms. The van der Waals surface area contributed by atoms with Crippen molar-refractivity contribution >= 4 is 5.91 Å². The lowest BCUT2D eigenvalue weighted by molar-refractivity contribution is -0.138. The van der Waals surface area contributed by atoms with E-state index in [9.17, 15) is 23.1 Å². The molecule has 1 N–H and O–H groups in total. The van der Waals surface area contributed by atoms with Gasteiger partial charge in [-0.25, -0.2) is 4.98 Å². The number of aryl methyl sites for hydroxylation is 1. The summed E-state index contributed by atoms with van der Waals surface area (Å²) >= 11 is 0. The van der Waals surface area contributed by atoms with Gasteiger partial charge in [0.05, 0.1) is 17.7 Å². The van der Waals surface area contributed by atoms with E-state index in [0.717, 1.165) is 12.5 Å². The van der Waals surface area contributed by atoms with Crippen LogP contribution in [0.15, 0.2) is 35.1 Å². The summed E-state index contributed by atoms with van der Waals surface area (Å²) in [6, 6.07) is 4.22. The highest BCUT2D eigenvalue weighted by atomic mass is 19.4. The number of halogens is 3. The summed E-state index contributed by atoms with van der Waals surface area (Å²) in [6.07, 6.45) is -4.29. The zero-order chi connectivity index (χ0) is 17.5. The minimum absolute atomic E-state index is 0.0314. The number of likely N-dealkylation sites (tertiary alicyclic amines) is 1. The molecule has 5 nitrogen and oxygen atoms in total. The van der Waals surface area contributed by atoms with Crippen molar-refractivity contribution in [3.63, 3.8) is 0 Å². The zero-order valence-corrected chi connectivity index (χ0v) is 12.7. The predicted molar refractivity (Wildman–Crippen MR) is 77.1 cm³/mol. The first-order chi connectivity index (χ1) is 11.3. The number of β-amino-alcohol motifs (C(OH)–C–C–N with tert-alkyl or cyclic N) is 1. The van der Waals surface area contributed by atoms with E-state index in [2.05, 4.69) is 4.98 Å². The second kappa shape index (κ2) is 5.94. The van der Waals surface area contributed by atoms with Gasteiger partial charge in [-0.15, -0.1) is 0 Å². The number of oxazole rings is 1. The molecule has 2 aromatic rings. The van der Waals surface area contributed by atoms with Crippen LogP contribution >= 0.6 is 0 Å². The van der Waals surface area contributed by atoms with Crippen molar-refractivity contribution in [1.29, 1.82) is 0 Å². The normalized spacial score (nSPS) is 21.3. The number of aromatic nitrogens is 1. The predicted octanol–water partition coefficient (Wildman–Crippen LogP) is 2.95. The van der Waals surface area contributed by atoms with Gasteiger partial charge in [0.25, 0.3) is 5.91 Å². The third-order valence-corrected chi connectivity index (χ3v) is 4.11. The third-order valence-electron chi connectivity index (χ3n) is 4.11. The molecule has 1 saturated heterocycles. The third kappa shape index (κ3) is 2.89. The lowest BCUT2D eigenvalue weighted by Gasteiger charge is -2.26. The quantitative estimate of drug-likeness (QED) is 0.913. The molecule has 3 rings (SSSR count). The van der Waals surface area contributed by atoms with Crippen molar-refractivity contribution in [2.75, 3.05) is 6.54 Å². The Morgan fingerprint density at radius 2 is 2.08 bits per heavy atom. The van der Waals surface area contributed by atoms with Crippen LogP contribution in [-0.4, -0.2) is 33.5 Å². The molecule has 8 heteroatoms. The van der Waals surface area contributed by atoms with Crippen molar-refractivity contribution in [3.8, 4) is 0 Å². The lowest BCUT2D eigenvalue weighted by atomic mass is 9.97. The molecule has 1 aliphatic rings. The molecule has 2 heterocycles. The molecule has 1 aliphatic heterocycles. The highest BCUT2D eigenvalue weighted by Crippen LogP contribution is 2.40. The van der Waals surface area contributed by atoms with E-state index in [1.54, 1.807) is 6.92 Å². The van der Waals surface area contributed by atoms with Crippen molar-refractivity contribution < 1.29 is 27.5 Å². The molecule has 0 aliphatic carbocycles. The van der Waals surface area contributed by atoms with Crippen LogP contribution in [-0.2, 0) is 6.18 Å². The van der Waals surface area contributed by atoms with Crippen LogP contribution in [0.5, 0.6) is 0 Å². The van der Waals surface area contributed by atoms with Crippen molar-refractivity contribution in [2.24, 2.45) is 0 Å². The maximum absolute atomic E-state index is 13.3. The molecule has 0 radical (unpaired) electrons. The maximum Gasteiger partial charge on any atom is 0.416 e. The summed E-state index contributed by atoms with van der Waals surface area (Å²) in [5.41, 5.74) is -0.798. The first kappa shape index (κ1) is 16.5. The number of hydrogen-bond donors (Lipinski definition) is 1. The summed E-state index contributed by atoms with van der Waals surface area (Å²) in [4.78, 5) is 17.7. The molecule has 0 spiro atoms. The number of carbonyl (C=O) groups excluding carboxylic acids is 1. The van der Waals surface area contributed by atoms with Crippen LogP contribution in [0.2, 0.25) is 0 Å². The summed E-state index contributed by atoms with van der Waals surface area (Å²) < 4.78 is 44.8. The number of nitrogens with zero attached hydrogens (tertiary/aromatic N) is 2. The lowest BCUT2D eigenvalue weighted by Crippen LogP contribution is -2.33. The topological polar surface area (TPSA) is 66.6 Å². The Hall–Kier alpha value is -2.35. The van der Waals surface area contributed by atoms with E-state index < -0.39 is 29.8 Å². The van der Waals surface area contributed by atoms with Gasteiger partial charge in [-0.2, -0.15) is 13.2 Å². The molecular weight excluding hydrogens is 325 g/mol. The minimum Gasteiger partial charge on any atom is -0.448 e. The monoisotopic (exact) mass is 340 g/mol. The Labute approximate surface area is 135 Å². The first-order valence-corrected chi connectivity index (χ1v) is 7.34. The van der Waals surface area contributed by atoms with Gasteiger partial charge >= 0.3 is 6.18 Å². The molecule has 2 atom stereocenters. The number of carbonyl (C=O) groups is 1. The molecule has 128 valence electrons. The maximum atomic E-state index is 13.3. The zero-order valence-electron chi connectivity index (χ0n) is 12.7. The molecule has 0 saturated carbocycles. The number of benzene rings is 1. The van der Waals surface area contributed by atoms with Gasteiger partial charge < -0.3 is 14.4 Å². The fourth-order valence-corrected chi connectivity index (χ4v) is 3.03. The van der Waals surface area contributed by atoms with Crippen molar-refractivity contribution in [3.05, 3.63) is 53.2 Å². The summed E-state index contributed by atoms with van der Waals surface area (Å²) in [5.74, 6) is -0.274. The number of amides is 1. The fourth-order valence-electron chi connectivity index (χ4n) is 3.03. The molecule has 0 bridgehead atoms. The van der Waals surface area contributed by atoms with Gasteiger partial charge in [0.2, 0.25) is 0 Å². The molecule has 1 aromatic carbocycles. The van der Waals surface area contributed by atoms with Crippen LogP contribution in [0.25, 0.3) is 0 Å². The van der Waals surface area contributed by atoms with E-state index in [1.165, 1.54) is 23.1 Å². The van der Waals surface area contributed by atoms with Gasteiger partial charge in [0.15, 0.2) is 12.1 Å². The Kier molecular flexibility index (Phi) is 4.08. The highest BCUT2D eigenvalue weighted by molar-refractivity contribution is 5.93. The molecule has 1 fully saturated rings. The fraction of sp³-hybridized carbons (Fsp3) is 0.375. The van der Waals surface area contributed by atoms with Gasteiger partial charge in [0.1, 0.15) is 5.76 Å². The number of rotatable bonds is 2. The summed E-state index contributed by atoms with van der Waals surface area (Å²) in [6.45, 7) is 1.49. The molecule has 1 aromatic heterocycles. The molecule has 1 amide bonds. The van der Waals surface area contributed by atoms with Gasteiger partial charge in [-0.1, -0.05) is 18.2 Å². The average molecular weight is 340 g/mol. The van der Waals surface area contributed by atoms with E-state index >= 15 is 0 Å². The largest absolute Gasteiger partial charge is 0.448 e. The second-order valence-corrected chi connectivity index (χ2v) is 5.71. The molecule has 2 unspecified atom stereocenters. The van der Waals surface area contributed by atoms with Crippen molar-refractivity contribution in [1.82, 2.24) is 9.88 Å². The van der Waals surface area contributed by atoms with Crippen LogP contribution in [0.1, 0.15) is 39.8 Å². The highest BCUT2D eigenvalue weighted by Gasteiger charge is 2.42. The Bertz CT molecular complexity index is 757. The minimum atomic E-state index is -4.54. The van der Waals surface area contributed by atoms with E-state index in [1.807, 2.05) is 0 Å². The Morgan fingerprint density at radius 1 is 1.38 bits per heavy atom. The Morgan fingerprint density at radius 3 is 2.71 bits per heavy atom. The van der Waals surface area contributed by atoms with Crippen molar-refractivity contribution in [2.45, 2.75) is 31.7 Å². The second-order valence-electron chi connectivity index (χ2n) is 5.71. The molecular formula is C16H15F3N2O3. The van der Waals surface area contributed by atoms with Gasteiger partial charge in [0, 0.05) is 6.54 Å². The van der Waals surface area contributed by atoms with Crippen LogP contribution in [0.3, 0.4) is 0 Å². The van der Waals surface area contributed by atoms with E-state index in [0.29, 0.717) is 0 Å². The number of alkyl halides is 3. The summed E-state index contributed by atoms with van der Waals surface area (Å²) in [7, 11) is 0.